The average Bonchev–Trinajstić information content (AvgIpc) is 4.39. The van der Waals surface area contributed by atoms with Gasteiger partial charge in [-0.3, -0.25) is 0 Å². The van der Waals surface area contributed by atoms with E-state index < -0.39 is 6.37 Å². The Morgan fingerprint density at radius 3 is 1.22 bits per heavy atom. The highest BCUT2D eigenvalue weighted by Crippen LogP contribution is 2.54. The summed E-state index contributed by atoms with van der Waals surface area (Å²) in [6.07, 6.45) is 24.8. The molecule has 2 atom stereocenters. The van der Waals surface area contributed by atoms with Crippen molar-refractivity contribution in [2.45, 2.75) is 123 Å². The van der Waals surface area contributed by atoms with Gasteiger partial charge in [0.25, 0.3) is 0 Å². The third kappa shape index (κ3) is 13.6. The summed E-state index contributed by atoms with van der Waals surface area (Å²) in [6, 6.07) is 65.8. The summed E-state index contributed by atoms with van der Waals surface area (Å²) >= 11 is 0. The second-order valence-electron chi connectivity index (χ2n) is 24.5. The van der Waals surface area contributed by atoms with Crippen LogP contribution >= 0.6 is 0 Å². The van der Waals surface area contributed by atoms with Crippen LogP contribution in [-0.4, -0.2) is 0 Å². The van der Waals surface area contributed by atoms with Crippen molar-refractivity contribution in [3.63, 3.8) is 0 Å². The summed E-state index contributed by atoms with van der Waals surface area (Å²) in [6.45, 7) is 6.51. The normalized spacial score (nSPS) is 18.3. The zero-order chi connectivity index (χ0) is 57.5. The van der Waals surface area contributed by atoms with E-state index in [2.05, 4.69) is 244 Å². The monoisotopic (exact) mass is 1070 g/mol. The van der Waals surface area contributed by atoms with Gasteiger partial charge in [-0.05, 0) is 174 Å². The third-order valence-corrected chi connectivity index (χ3v) is 18.9. The van der Waals surface area contributed by atoms with Crippen LogP contribution in [0.2, 0.25) is 0 Å². The van der Waals surface area contributed by atoms with Gasteiger partial charge in [0, 0.05) is 55.8 Å². The van der Waals surface area contributed by atoms with Gasteiger partial charge in [0.05, 0.1) is 0 Å². The minimum atomic E-state index is -1.27. The molecule has 5 saturated carbocycles. The number of fused-ring (bicyclic) bond motifs is 1. The number of pyridine rings is 3. The molecular weight excluding hydrogens is 979 g/mol. The van der Waals surface area contributed by atoms with E-state index in [1.165, 1.54) is 154 Å². The zero-order valence-electron chi connectivity index (χ0n) is 51.4. The topological polar surface area (TPSA) is 11.6 Å². The van der Waals surface area contributed by atoms with Crippen LogP contribution in [0.3, 0.4) is 0 Å². The molecule has 2 bridgehead atoms. The van der Waals surface area contributed by atoms with Gasteiger partial charge in [-0.25, -0.2) is 13.7 Å². The summed E-state index contributed by atoms with van der Waals surface area (Å²) in [4.78, 5) is 0. The van der Waals surface area contributed by atoms with Crippen molar-refractivity contribution in [2.75, 3.05) is 0 Å². The Labute approximate surface area is 489 Å². The molecule has 412 valence electrons. The molecule has 0 saturated heterocycles. The quantitative estimate of drug-likeness (QED) is 0.108. The first-order valence-corrected chi connectivity index (χ1v) is 30.8. The molecule has 81 heavy (non-hydrogen) atoms. The SMILES string of the molecule is Cc1ccccc1-c1cc(-c2ccc(CC3C4CCC3C4)cc2)cc[n+]1C.Cc1ccccc1-c1cc(-c2cccc(CC3CCCCC3)c2)cc[n+]1C.[2H]C([2H])(c1cccc(-c2cc[n+](C)c(-c3ccccc3C)c2)c1)C1CCCCC1. The fourth-order valence-electron chi connectivity index (χ4n) is 14.0. The molecular formula is C78H88N3+3. The average molecular weight is 1070 g/mol. The number of benzene rings is 6. The summed E-state index contributed by atoms with van der Waals surface area (Å²) in [7, 11) is 6.33. The maximum atomic E-state index is 8.82. The van der Waals surface area contributed by atoms with E-state index in [9.17, 15) is 0 Å². The van der Waals surface area contributed by atoms with Crippen molar-refractivity contribution in [3.05, 3.63) is 234 Å². The zero-order valence-corrected chi connectivity index (χ0v) is 49.4. The first-order chi connectivity index (χ1) is 40.4. The molecule has 3 heterocycles. The Morgan fingerprint density at radius 2 is 0.765 bits per heavy atom. The molecule has 0 N–H and O–H groups in total. The largest absolute Gasteiger partial charge is 0.213 e. The summed E-state index contributed by atoms with van der Waals surface area (Å²) in [5.74, 6) is 4.04. The molecule has 0 aliphatic heterocycles. The molecule has 5 fully saturated rings. The Hall–Kier alpha value is -7.23. The summed E-state index contributed by atoms with van der Waals surface area (Å²) in [5, 5.41) is 0. The lowest BCUT2D eigenvalue weighted by atomic mass is 9.69. The number of hydrogen-bond acceptors (Lipinski definition) is 0. The molecule has 0 radical (unpaired) electrons. The molecule has 9 aromatic rings. The van der Waals surface area contributed by atoms with Crippen molar-refractivity contribution in [1.29, 1.82) is 0 Å². The highest BCUT2D eigenvalue weighted by molar-refractivity contribution is 5.73. The van der Waals surface area contributed by atoms with Crippen LogP contribution in [0, 0.1) is 50.4 Å². The molecule has 6 aromatic carbocycles. The molecule has 0 spiro atoms. The first kappa shape index (κ1) is 53.1. The maximum Gasteiger partial charge on any atom is 0.213 e. The molecule has 0 amide bonds. The molecule has 3 heteroatoms. The van der Waals surface area contributed by atoms with Crippen molar-refractivity contribution in [2.24, 2.45) is 50.7 Å². The Bertz CT molecular complexity index is 3640. The van der Waals surface area contributed by atoms with Crippen molar-refractivity contribution in [1.82, 2.24) is 0 Å². The standard InChI is InChI=1S/C26H28N.2C26H30N/c1-18-5-3-4-6-24(18)26-17-21(13-14-27(26)2)20-9-7-19(8-10-20)15-25-22-11-12-23(25)16-22;2*1-20-9-6-7-14-25(20)26-19-24(15-16-27(26)2)23-13-8-12-22(18-23)17-21-10-4-3-5-11-21/h3-10,13-14,17,22-23,25H,11-12,15-16H2,1-2H3;2*6-9,12-16,18-19,21H,3-5,10-11,17H2,1-2H3/q3*+1/i;17D2;. The van der Waals surface area contributed by atoms with Gasteiger partial charge in [-0.1, -0.05) is 192 Å². The van der Waals surface area contributed by atoms with Crippen molar-refractivity contribution in [3.8, 4) is 67.2 Å². The lowest BCUT2D eigenvalue weighted by molar-refractivity contribution is -0.660. The lowest BCUT2D eigenvalue weighted by Crippen LogP contribution is -2.30. The minimum absolute atomic E-state index is 0.127. The Balaban J connectivity index is 0.000000130. The highest BCUT2D eigenvalue weighted by atomic mass is 14.9. The second-order valence-corrected chi connectivity index (χ2v) is 24.5. The molecule has 3 nitrogen and oxygen atoms in total. The highest BCUT2D eigenvalue weighted by Gasteiger charge is 2.46. The van der Waals surface area contributed by atoms with Gasteiger partial charge in [-0.2, -0.15) is 0 Å². The second kappa shape index (κ2) is 26.1. The van der Waals surface area contributed by atoms with Crippen LogP contribution < -0.4 is 13.7 Å². The van der Waals surface area contributed by atoms with E-state index in [-0.39, 0.29) is 5.92 Å². The number of aromatic nitrogens is 3. The fraction of sp³-hybridized carbons (Fsp3) is 0.346. The van der Waals surface area contributed by atoms with Gasteiger partial charge < -0.3 is 0 Å². The molecule has 14 rings (SSSR count). The van der Waals surface area contributed by atoms with Gasteiger partial charge in [0.2, 0.25) is 17.1 Å². The van der Waals surface area contributed by atoms with Crippen LogP contribution in [0.15, 0.2) is 201 Å². The van der Waals surface area contributed by atoms with E-state index in [1.54, 1.807) is 0 Å². The predicted octanol–water partition coefficient (Wildman–Crippen LogP) is 18.3. The van der Waals surface area contributed by atoms with Crippen LogP contribution in [-0.2, 0) is 40.4 Å². The van der Waals surface area contributed by atoms with Crippen molar-refractivity contribution >= 4 is 0 Å². The maximum absolute atomic E-state index is 8.82. The molecule has 5 aliphatic rings. The fourth-order valence-corrected chi connectivity index (χ4v) is 14.0. The predicted molar refractivity (Wildman–Crippen MR) is 338 cm³/mol. The number of rotatable bonds is 12. The Morgan fingerprint density at radius 1 is 0.358 bits per heavy atom. The number of nitrogens with zero attached hydrogens (tertiary/aromatic N) is 3. The lowest BCUT2D eigenvalue weighted by Gasteiger charge is -2.36. The van der Waals surface area contributed by atoms with E-state index in [1.807, 2.05) is 12.1 Å². The molecule has 3 aromatic heterocycles. The molecule has 5 aliphatic carbocycles. The first-order valence-electron chi connectivity index (χ1n) is 31.8. The Kier molecular flexibility index (Phi) is 17.1. The van der Waals surface area contributed by atoms with Gasteiger partial charge >= 0.3 is 0 Å². The summed E-state index contributed by atoms with van der Waals surface area (Å²) < 4.78 is 24.2. The number of aryl methyl sites for hydroxylation is 6. The van der Waals surface area contributed by atoms with E-state index >= 15 is 0 Å². The molecule has 2 unspecified atom stereocenters. The minimum Gasteiger partial charge on any atom is -0.201 e. The van der Waals surface area contributed by atoms with Crippen LogP contribution in [0.5, 0.6) is 0 Å². The van der Waals surface area contributed by atoms with Crippen LogP contribution in [0.25, 0.3) is 67.2 Å². The van der Waals surface area contributed by atoms with Gasteiger partial charge in [0.1, 0.15) is 21.1 Å². The van der Waals surface area contributed by atoms with Gasteiger partial charge in [0.15, 0.2) is 18.6 Å². The smallest absolute Gasteiger partial charge is 0.201 e. The summed E-state index contributed by atoms with van der Waals surface area (Å²) in [5.41, 5.74) is 22.7. The van der Waals surface area contributed by atoms with E-state index in [0.717, 1.165) is 66.0 Å². The van der Waals surface area contributed by atoms with E-state index in [4.69, 9.17) is 2.74 Å². The number of hydrogen-bond donors (Lipinski definition) is 0. The van der Waals surface area contributed by atoms with Gasteiger partial charge in [-0.15, -0.1) is 0 Å². The van der Waals surface area contributed by atoms with Crippen molar-refractivity contribution < 1.29 is 16.4 Å². The van der Waals surface area contributed by atoms with Crippen LogP contribution in [0.4, 0.5) is 0 Å². The third-order valence-electron chi connectivity index (χ3n) is 18.9. The van der Waals surface area contributed by atoms with E-state index in [0.29, 0.717) is 0 Å². The van der Waals surface area contributed by atoms with Crippen LogP contribution in [0.1, 0.15) is 120 Å².